The van der Waals surface area contributed by atoms with E-state index in [0.717, 1.165) is 56.4 Å². The predicted molar refractivity (Wildman–Crippen MR) is 76.7 cm³/mol. The quantitative estimate of drug-likeness (QED) is 0.811. The van der Waals surface area contributed by atoms with Gasteiger partial charge in [0.1, 0.15) is 0 Å². The van der Waals surface area contributed by atoms with Crippen molar-refractivity contribution >= 4 is 11.9 Å². The van der Waals surface area contributed by atoms with E-state index in [1.807, 2.05) is 11.1 Å². The van der Waals surface area contributed by atoms with Crippen molar-refractivity contribution in [3.63, 3.8) is 0 Å². The van der Waals surface area contributed by atoms with Crippen molar-refractivity contribution in [3.05, 3.63) is 17.5 Å². The molecule has 4 rings (SSSR count). The SMILES string of the molecule is O=C(C1CCC1)N1Cc2cnc(N3CCOCC3)nc2C1. The Hall–Kier alpha value is -1.69. The van der Waals surface area contributed by atoms with Crippen LogP contribution in [0.25, 0.3) is 0 Å². The number of aromatic nitrogens is 2. The van der Waals surface area contributed by atoms with Crippen LogP contribution in [-0.2, 0) is 22.6 Å². The van der Waals surface area contributed by atoms with Crippen molar-refractivity contribution in [2.24, 2.45) is 5.92 Å². The molecule has 1 aromatic heterocycles. The second kappa shape index (κ2) is 5.26. The Morgan fingerprint density at radius 3 is 2.76 bits per heavy atom. The van der Waals surface area contributed by atoms with Gasteiger partial charge in [-0.1, -0.05) is 6.42 Å². The third-order valence-electron chi connectivity index (χ3n) is 4.70. The first-order chi connectivity index (χ1) is 10.3. The summed E-state index contributed by atoms with van der Waals surface area (Å²) in [5.74, 6) is 1.33. The number of anilines is 1. The molecule has 2 fully saturated rings. The second-order valence-corrected chi connectivity index (χ2v) is 6.06. The molecule has 1 aliphatic carbocycles. The minimum atomic E-state index is 0.256. The maximum atomic E-state index is 12.3. The number of ether oxygens (including phenoxy) is 1. The summed E-state index contributed by atoms with van der Waals surface area (Å²) in [5.41, 5.74) is 2.11. The van der Waals surface area contributed by atoms with Gasteiger partial charge < -0.3 is 14.5 Å². The van der Waals surface area contributed by atoms with E-state index in [4.69, 9.17) is 4.74 Å². The lowest BCUT2D eigenvalue weighted by atomic mass is 9.84. The van der Waals surface area contributed by atoms with E-state index in [0.29, 0.717) is 19.0 Å². The first kappa shape index (κ1) is 13.0. The molecule has 0 aromatic carbocycles. The molecule has 112 valence electrons. The monoisotopic (exact) mass is 288 g/mol. The lowest BCUT2D eigenvalue weighted by Gasteiger charge is -2.28. The minimum Gasteiger partial charge on any atom is -0.378 e. The Labute approximate surface area is 124 Å². The highest BCUT2D eigenvalue weighted by Crippen LogP contribution is 2.31. The van der Waals surface area contributed by atoms with Crippen molar-refractivity contribution in [2.45, 2.75) is 32.4 Å². The van der Waals surface area contributed by atoms with Crippen LogP contribution in [0.3, 0.4) is 0 Å². The van der Waals surface area contributed by atoms with Gasteiger partial charge >= 0.3 is 0 Å². The van der Waals surface area contributed by atoms with Crippen molar-refractivity contribution in [1.82, 2.24) is 14.9 Å². The molecule has 3 aliphatic rings. The fourth-order valence-corrected chi connectivity index (χ4v) is 3.13. The zero-order valence-electron chi connectivity index (χ0n) is 12.1. The molecule has 0 unspecified atom stereocenters. The molecular formula is C15H20N4O2. The van der Waals surface area contributed by atoms with Crippen molar-refractivity contribution < 1.29 is 9.53 Å². The van der Waals surface area contributed by atoms with Crippen LogP contribution in [0.4, 0.5) is 5.95 Å². The van der Waals surface area contributed by atoms with Gasteiger partial charge in [-0.3, -0.25) is 4.79 Å². The number of amides is 1. The van der Waals surface area contributed by atoms with Gasteiger partial charge in [0.05, 0.1) is 25.5 Å². The summed E-state index contributed by atoms with van der Waals surface area (Å²) < 4.78 is 5.36. The summed E-state index contributed by atoms with van der Waals surface area (Å²) >= 11 is 0. The molecule has 0 N–H and O–H groups in total. The van der Waals surface area contributed by atoms with Crippen molar-refractivity contribution in [2.75, 3.05) is 31.2 Å². The molecule has 0 bridgehead atoms. The third-order valence-corrected chi connectivity index (χ3v) is 4.70. The normalized spacial score (nSPS) is 22.1. The fraction of sp³-hybridized carbons (Fsp3) is 0.667. The van der Waals surface area contributed by atoms with E-state index < -0.39 is 0 Å². The number of morpholine rings is 1. The fourth-order valence-electron chi connectivity index (χ4n) is 3.13. The molecule has 0 radical (unpaired) electrons. The first-order valence-corrected chi connectivity index (χ1v) is 7.77. The molecule has 1 amide bonds. The summed E-state index contributed by atoms with van der Waals surface area (Å²) in [6, 6.07) is 0. The molecule has 3 heterocycles. The highest BCUT2D eigenvalue weighted by Gasteiger charge is 2.33. The molecule has 6 nitrogen and oxygen atoms in total. The second-order valence-electron chi connectivity index (χ2n) is 6.06. The van der Waals surface area contributed by atoms with Crippen LogP contribution in [0.5, 0.6) is 0 Å². The zero-order valence-corrected chi connectivity index (χ0v) is 12.1. The number of fused-ring (bicyclic) bond motifs is 1. The van der Waals surface area contributed by atoms with Crippen LogP contribution >= 0.6 is 0 Å². The Bertz CT molecular complexity index is 553. The Morgan fingerprint density at radius 2 is 2.05 bits per heavy atom. The molecule has 21 heavy (non-hydrogen) atoms. The summed E-state index contributed by atoms with van der Waals surface area (Å²) in [4.78, 5) is 25.6. The van der Waals surface area contributed by atoms with E-state index >= 15 is 0 Å². The summed E-state index contributed by atoms with van der Waals surface area (Å²) in [6.45, 7) is 4.45. The third kappa shape index (κ3) is 2.37. The van der Waals surface area contributed by atoms with Crippen molar-refractivity contribution in [3.8, 4) is 0 Å². The van der Waals surface area contributed by atoms with E-state index in [1.54, 1.807) is 0 Å². The standard InChI is InChI=1S/C15H20N4O2/c20-14(11-2-1-3-11)19-9-12-8-16-15(17-13(12)10-19)18-4-6-21-7-5-18/h8,11H,1-7,9-10H2. The largest absolute Gasteiger partial charge is 0.378 e. The van der Waals surface area contributed by atoms with Crippen LogP contribution < -0.4 is 4.90 Å². The maximum Gasteiger partial charge on any atom is 0.226 e. The molecular weight excluding hydrogens is 268 g/mol. The van der Waals surface area contributed by atoms with Crippen molar-refractivity contribution in [1.29, 1.82) is 0 Å². The number of hydrogen-bond donors (Lipinski definition) is 0. The number of carbonyl (C=O) groups excluding carboxylic acids is 1. The molecule has 0 spiro atoms. The van der Waals surface area contributed by atoms with Crippen LogP contribution in [0.15, 0.2) is 6.20 Å². The van der Waals surface area contributed by atoms with Gasteiger partial charge in [0.25, 0.3) is 0 Å². The molecule has 0 atom stereocenters. The van der Waals surface area contributed by atoms with Crippen LogP contribution in [0.1, 0.15) is 30.5 Å². The van der Waals surface area contributed by atoms with Gasteiger partial charge in [0.2, 0.25) is 11.9 Å². The van der Waals surface area contributed by atoms with Gasteiger partial charge in [0, 0.05) is 37.3 Å². The molecule has 1 aromatic rings. The van der Waals surface area contributed by atoms with E-state index in [1.165, 1.54) is 6.42 Å². The van der Waals surface area contributed by atoms with E-state index in [2.05, 4.69) is 14.9 Å². The number of nitrogens with zero attached hydrogens (tertiary/aromatic N) is 4. The van der Waals surface area contributed by atoms with E-state index in [9.17, 15) is 4.79 Å². The highest BCUT2D eigenvalue weighted by molar-refractivity contribution is 5.80. The smallest absolute Gasteiger partial charge is 0.226 e. The van der Waals surface area contributed by atoms with Gasteiger partial charge in [0.15, 0.2) is 0 Å². The van der Waals surface area contributed by atoms with E-state index in [-0.39, 0.29) is 5.92 Å². The topological polar surface area (TPSA) is 58.6 Å². The van der Waals surface area contributed by atoms with Crippen LogP contribution in [-0.4, -0.2) is 47.1 Å². The zero-order chi connectivity index (χ0) is 14.2. The summed E-state index contributed by atoms with van der Waals surface area (Å²) in [5, 5.41) is 0. The molecule has 1 saturated carbocycles. The lowest BCUT2D eigenvalue weighted by molar-refractivity contribution is -0.138. The molecule has 2 aliphatic heterocycles. The highest BCUT2D eigenvalue weighted by atomic mass is 16.5. The van der Waals surface area contributed by atoms with Gasteiger partial charge in [-0.05, 0) is 12.8 Å². The molecule has 6 heteroatoms. The van der Waals surface area contributed by atoms with Crippen LogP contribution in [0.2, 0.25) is 0 Å². The average molecular weight is 288 g/mol. The minimum absolute atomic E-state index is 0.256. The first-order valence-electron chi connectivity index (χ1n) is 7.77. The van der Waals surface area contributed by atoms with Gasteiger partial charge in [-0.15, -0.1) is 0 Å². The number of hydrogen-bond acceptors (Lipinski definition) is 5. The maximum absolute atomic E-state index is 12.3. The number of rotatable bonds is 2. The Morgan fingerprint density at radius 1 is 1.24 bits per heavy atom. The summed E-state index contributed by atoms with van der Waals surface area (Å²) in [6.07, 6.45) is 5.19. The summed E-state index contributed by atoms with van der Waals surface area (Å²) in [7, 11) is 0. The predicted octanol–water partition coefficient (Wildman–Crippen LogP) is 0.955. The average Bonchev–Trinajstić information content (AvgIpc) is 2.89. The molecule has 1 saturated heterocycles. The number of carbonyl (C=O) groups is 1. The Kier molecular flexibility index (Phi) is 3.25. The Balaban J connectivity index is 1.49. The lowest BCUT2D eigenvalue weighted by Crippen LogP contribution is -2.37. The van der Waals surface area contributed by atoms with Crippen LogP contribution in [0, 0.1) is 5.92 Å². The van der Waals surface area contributed by atoms with Gasteiger partial charge in [-0.2, -0.15) is 0 Å². The van der Waals surface area contributed by atoms with Gasteiger partial charge in [-0.25, -0.2) is 9.97 Å².